The summed E-state index contributed by atoms with van der Waals surface area (Å²) in [6.45, 7) is 1.72. The highest BCUT2D eigenvalue weighted by atomic mass is 79.9. The Bertz CT molecular complexity index is 1410. The number of unbranched alkanes of at least 4 members (excludes halogenated alkanes) is 1. The summed E-state index contributed by atoms with van der Waals surface area (Å²) in [6.07, 6.45) is 0.686. The SMILES string of the molecule is COc1ccc(C(CCCCNC(C)=O)(NS(=O)(=O)c2ccc(-c3ccc(Br)cc3)cc2)C(=O)O)cc1OC. The van der Waals surface area contributed by atoms with Crippen LogP contribution in [0.3, 0.4) is 0 Å². The molecule has 3 aromatic rings. The molecule has 39 heavy (non-hydrogen) atoms. The number of carbonyl (C=O) groups excluding carboxylic acids is 1. The third-order valence-corrected chi connectivity index (χ3v) is 8.28. The molecule has 208 valence electrons. The Hall–Kier alpha value is -3.41. The van der Waals surface area contributed by atoms with Crippen molar-refractivity contribution in [1.82, 2.24) is 10.0 Å². The van der Waals surface area contributed by atoms with E-state index in [0.717, 1.165) is 15.6 Å². The van der Waals surface area contributed by atoms with Gasteiger partial charge in [-0.2, -0.15) is 4.72 Å². The summed E-state index contributed by atoms with van der Waals surface area (Å²) in [6, 6.07) is 18.3. The first-order chi connectivity index (χ1) is 18.5. The highest BCUT2D eigenvalue weighted by Gasteiger charge is 2.44. The molecule has 11 heteroatoms. The molecule has 0 spiro atoms. The van der Waals surface area contributed by atoms with Crippen molar-refractivity contribution in [2.24, 2.45) is 0 Å². The highest BCUT2D eigenvalue weighted by Crippen LogP contribution is 2.36. The van der Waals surface area contributed by atoms with Crippen LogP contribution in [0.5, 0.6) is 11.5 Å². The Morgan fingerprint density at radius 3 is 2.03 bits per heavy atom. The normalized spacial score (nSPS) is 12.8. The smallest absolute Gasteiger partial charge is 0.329 e. The first-order valence-electron chi connectivity index (χ1n) is 12.1. The minimum Gasteiger partial charge on any atom is -0.493 e. The van der Waals surface area contributed by atoms with Crippen LogP contribution >= 0.6 is 15.9 Å². The summed E-state index contributed by atoms with van der Waals surface area (Å²) >= 11 is 3.40. The van der Waals surface area contributed by atoms with Crippen LogP contribution in [0.15, 0.2) is 76.1 Å². The van der Waals surface area contributed by atoms with Gasteiger partial charge in [-0.05, 0) is 72.4 Å². The van der Waals surface area contributed by atoms with Crippen LogP contribution in [0.25, 0.3) is 11.1 Å². The summed E-state index contributed by atoms with van der Waals surface area (Å²) in [5, 5.41) is 13.1. The average molecular weight is 620 g/mol. The number of ether oxygens (including phenoxy) is 2. The zero-order chi connectivity index (χ0) is 28.6. The van der Waals surface area contributed by atoms with Crippen molar-refractivity contribution < 1.29 is 32.6 Å². The van der Waals surface area contributed by atoms with Gasteiger partial charge in [0.2, 0.25) is 15.9 Å². The molecule has 1 amide bonds. The molecule has 3 aromatic carbocycles. The van der Waals surface area contributed by atoms with Gasteiger partial charge in [0.25, 0.3) is 0 Å². The van der Waals surface area contributed by atoms with E-state index in [1.54, 1.807) is 12.1 Å². The van der Waals surface area contributed by atoms with Crippen molar-refractivity contribution >= 4 is 37.8 Å². The molecule has 0 aliphatic carbocycles. The third kappa shape index (κ3) is 7.37. The molecule has 9 nitrogen and oxygen atoms in total. The topological polar surface area (TPSA) is 131 Å². The van der Waals surface area contributed by atoms with Crippen molar-refractivity contribution in [2.75, 3.05) is 20.8 Å². The van der Waals surface area contributed by atoms with E-state index in [1.807, 2.05) is 24.3 Å². The monoisotopic (exact) mass is 618 g/mol. The lowest BCUT2D eigenvalue weighted by atomic mass is 9.85. The summed E-state index contributed by atoms with van der Waals surface area (Å²) in [5.41, 5.74) is -0.121. The molecule has 0 radical (unpaired) electrons. The molecular formula is C28H31BrN2O7S. The fourth-order valence-electron chi connectivity index (χ4n) is 4.17. The summed E-state index contributed by atoms with van der Waals surface area (Å²) in [5.74, 6) is -0.939. The number of carbonyl (C=O) groups is 2. The van der Waals surface area contributed by atoms with Crippen LogP contribution in [-0.4, -0.2) is 46.2 Å². The maximum atomic E-state index is 13.6. The van der Waals surface area contributed by atoms with Gasteiger partial charge in [-0.15, -0.1) is 0 Å². The van der Waals surface area contributed by atoms with E-state index in [1.165, 1.54) is 51.5 Å². The molecule has 0 heterocycles. The van der Waals surface area contributed by atoms with Crippen LogP contribution < -0.4 is 19.5 Å². The van der Waals surface area contributed by atoms with Gasteiger partial charge in [-0.1, -0.05) is 46.3 Å². The van der Waals surface area contributed by atoms with Gasteiger partial charge in [-0.3, -0.25) is 4.79 Å². The number of carboxylic acid groups (broad SMARTS) is 1. The molecule has 0 fully saturated rings. The standard InChI is InChI=1S/C28H31BrN2O7S/c1-19(32)30-17-5-4-16-28(27(33)34,22-10-15-25(37-2)26(18-22)38-3)31-39(35,36)24-13-8-21(9-14-24)20-6-11-23(29)12-7-20/h6-15,18,31H,4-5,16-17H2,1-3H3,(H,30,32)(H,33,34). The number of hydrogen-bond acceptors (Lipinski definition) is 6. The molecule has 3 rings (SSSR count). The van der Waals surface area contributed by atoms with Crippen LogP contribution in [0, 0.1) is 0 Å². The minimum atomic E-state index is -4.29. The number of carboxylic acids is 1. The lowest BCUT2D eigenvalue weighted by molar-refractivity contribution is -0.145. The number of hydrogen-bond donors (Lipinski definition) is 3. The molecule has 1 unspecified atom stereocenters. The number of benzene rings is 3. The first-order valence-corrected chi connectivity index (χ1v) is 14.4. The zero-order valence-corrected chi connectivity index (χ0v) is 24.3. The molecular weight excluding hydrogens is 588 g/mol. The Kier molecular flexibility index (Phi) is 10.1. The van der Waals surface area contributed by atoms with Crippen LogP contribution in [0.1, 0.15) is 31.7 Å². The molecule has 1 atom stereocenters. The van der Waals surface area contributed by atoms with E-state index in [4.69, 9.17) is 9.47 Å². The molecule has 0 saturated carbocycles. The zero-order valence-electron chi connectivity index (χ0n) is 21.9. The van der Waals surface area contributed by atoms with Crippen molar-refractivity contribution in [3.8, 4) is 22.6 Å². The van der Waals surface area contributed by atoms with Gasteiger partial charge in [0.05, 0.1) is 19.1 Å². The number of halogens is 1. The van der Waals surface area contributed by atoms with Gasteiger partial charge in [0, 0.05) is 17.9 Å². The Morgan fingerprint density at radius 1 is 0.897 bits per heavy atom. The van der Waals surface area contributed by atoms with Crippen LogP contribution in [0.4, 0.5) is 0 Å². The maximum absolute atomic E-state index is 13.6. The Morgan fingerprint density at radius 2 is 1.49 bits per heavy atom. The summed E-state index contributed by atoms with van der Waals surface area (Å²) in [4.78, 5) is 24.0. The predicted molar refractivity (Wildman–Crippen MR) is 151 cm³/mol. The van der Waals surface area contributed by atoms with Crippen LogP contribution in [0.2, 0.25) is 0 Å². The van der Waals surface area contributed by atoms with E-state index in [0.29, 0.717) is 25.1 Å². The largest absolute Gasteiger partial charge is 0.493 e. The Balaban J connectivity index is 1.99. The number of rotatable bonds is 13. The summed E-state index contributed by atoms with van der Waals surface area (Å²) in [7, 11) is -1.43. The number of aliphatic carboxylic acids is 1. The second-order valence-electron chi connectivity index (χ2n) is 8.86. The van der Waals surface area contributed by atoms with E-state index in [9.17, 15) is 23.1 Å². The number of methoxy groups -OCH3 is 2. The third-order valence-electron chi connectivity index (χ3n) is 6.24. The second kappa shape index (κ2) is 13.1. The number of sulfonamides is 1. The lowest BCUT2D eigenvalue weighted by Gasteiger charge is -2.31. The van der Waals surface area contributed by atoms with Crippen LogP contribution in [-0.2, 0) is 25.2 Å². The fraction of sp³-hybridized carbons (Fsp3) is 0.286. The molecule has 0 saturated heterocycles. The number of amides is 1. The molecule has 0 bridgehead atoms. The quantitative estimate of drug-likeness (QED) is 0.237. The van der Waals surface area contributed by atoms with Crippen molar-refractivity contribution in [3.05, 3.63) is 76.8 Å². The van der Waals surface area contributed by atoms with Gasteiger partial charge < -0.3 is 19.9 Å². The van der Waals surface area contributed by atoms with E-state index < -0.39 is 21.5 Å². The number of nitrogens with one attached hydrogen (secondary N) is 2. The first kappa shape index (κ1) is 30.1. The molecule has 0 aromatic heterocycles. The van der Waals surface area contributed by atoms with Crippen molar-refractivity contribution in [2.45, 2.75) is 36.6 Å². The van der Waals surface area contributed by atoms with Gasteiger partial charge >= 0.3 is 5.97 Å². The summed E-state index contributed by atoms with van der Waals surface area (Å²) < 4.78 is 41.2. The Labute approximate surface area is 236 Å². The van der Waals surface area contributed by atoms with Gasteiger partial charge in [-0.25, -0.2) is 13.2 Å². The van der Waals surface area contributed by atoms with Crippen molar-refractivity contribution in [3.63, 3.8) is 0 Å². The second-order valence-corrected chi connectivity index (χ2v) is 11.5. The van der Waals surface area contributed by atoms with E-state index in [-0.39, 0.29) is 28.5 Å². The van der Waals surface area contributed by atoms with E-state index >= 15 is 0 Å². The minimum absolute atomic E-state index is 0.0758. The van der Waals surface area contributed by atoms with Gasteiger partial charge in [0.1, 0.15) is 0 Å². The highest BCUT2D eigenvalue weighted by molar-refractivity contribution is 9.10. The average Bonchev–Trinajstić information content (AvgIpc) is 2.92. The van der Waals surface area contributed by atoms with E-state index in [2.05, 4.69) is 26.0 Å². The lowest BCUT2D eigenvalue weighted by Crippen LogP contribution is -2.51. The molecule has 3 N–H and O–H groups in total. The van der Waals surface area contributed by atoms with Gasteiger partial charge in [0.15, 0.2) is 17.0 Å². The molecule has 0 aliphatic rings. The predicted octanol–water partition coefficient (Wildman–Crippen LogP) is 4.70. The maximum Gasteiger partial charge on any atom is 0.329 e. The van der Waals surface area contributed by atoms with Crippen molar-refractivity contribution in [1.29, 1.82) is 0 Å². The molecule has 0 aliphatic heterocycles. The fourth-order valence-corrected chi connectivity index (χ4v) is 5.81.